The van der Waals surface area contributed by atoms with Crippen molar-refractivity contribution < 1.29 is 27.5 Å². The van der Waals surface area contributed by atoms with E-state index < -0.39 is 35.4 Å². The van der Waals surface area contributed by atoms with Crippen molar-refractivity contribution in [3.05, 3.63) is 35.1 Å². The molecule has 2 rings (SSSR count). The molecule has 23 heavy (non-hydrogen) atoms. The molecule has 1 saturated heterocycles. The number of nitrogens with zero attached hydrogens (tertiary/aromatic N) is 1. The highest BCUT2D eigenvalue weighted by Gasteiger charge is 2.36. The number of carbonyl (C=O) groups is 2. The summed E-state index contributed by atoms with van der Waals surface area (Å²) in [6, 6.07) is 0.465. The fourth-order valence-corrected chi connectivity index (χ4v) is 2.53. The Balaban J connectivity index is 2.13. The minimum atomic E-state index is -1.62. The van der Waals surface area contributed by atoms with Gasteiger partial charge in [-0.25, -0.2) is 18.0 Å². The third kappa shape index (κ3) is 3.83. The number of amides is 1. The van der Waals surface area contributed by atoms with Crippen molar-refractivity contribution in [1.82, 2.24) is 4.90 Å². The van der Waals surface area contributed by atoms with Crippen LogP contribution in [0.3, 0.4) is 0 Å². The van der Waals surface area contributed by atoms with Crippen molar-refractivity contribution in [1.29, 1.82) is 0 Å². The molecule has 0 N–H and O–H groups in total. The highest BCUT2D eigenvalue weighted by atomic mass is 19.2. The van der Waals surface area contributed by atoms with Crippen LogP contribution in [0.4, 0.5) is 18.0 Å². The molecule has 1 fully saturated rings. The highest BCUT2D eigenvalue weighted by molar-refractivity contribution is 6.01. The Labute approximate surface area is 132 Å². The Morgan fingerprint density at radius 2 is 1.91 bits per heavy atom. The Hall–Kier alpha value is -2.05. The number of Topliss-reactive ketones (excluding diaryl/α,β-unsaturated/α-hetero) is 1. The average Bonchev–Trinajstić information content (AvgIpc) is 3.01. The van der Waals surface area contributed by atoms with Gasteiger partial charge in [0.2, 0.25) is 0 Å². The van der Waals surface area contributed by atoms with Gasteiger partial charge in [-0.1, -0.05) is 13.3 Å². The van der Waals surface area contributed by atoms with Gasteiger partial charge in [0, 0.05) is 12.1 Å². The van der Waals surface area contributed by atoms with Crippen LogP contribution in [-0.4, -0.2) is 36.0 Å². The van der Waals surface area contributed by atoms with Crippen molar-refractivity contribution in [2.45, 2.75) is 38.6 Å². The number of carbonyl (C=O) groups excluding carboxylic acids is 2. The minimum Gasteiger partial charge on any atom is -0.449 e. The first-order valence-electron chi connectivity index (χ1n) is 7.57. The summed E-state index contributed by atoms with van der Waals surface area (Å²) in [4.78, 5) is 25.7. The first-order valence-corrected chi connectivity index (χ1v) is 7.57. The number of hydrogen-bond donors (Lipinski definition) is 0. The van der Waals surface area contributed by atoms with E-state index in [2.05, 4.69) is 0 Å². The number of hydrogen-bond acceptors (Lipinski definition) is 3. The number of likely N-dealkylation sites (tertiary alicyclic amines) is 1. The summed E-state index contributed by atoms with van der Waals surface area (Å²) >= 11 is 0. The van der Waals surface area contributed by atoms with Gasteiger partial charge in [-0.2, -0.15) is 0 Å². The van der Waals surface area contributed by atoms with E-state index in [0.717, 1.165) is 6.42 Å². The van der Waals surface area contributed by atoms with Crippen LogP contribution < -0.4 is 0 Å². The molecule has 0 spiro atoms. The second-order valence-corrected chi connectivity index (χ2v) is 5.44. The lowest BCUT2D eigenvalue weighted by Gasteiger charge is -2.23. The molecule has 1 aromatic rings. The van der Waals surface area contributed by atoms with Crippen molar-refractivity contribution in [2.24, 2.45) is 0 Å². The van der Waals surface area contributed by atoms with Crippen LogP contribution in [0.2, 0.25) is 0 Å². The number of ketones is 1. The zero-order chi connectivity index (χ0) is 17.0. The summed E-state index contributed by atoms with van der Waals surface area (Å²) in [6.07, 6.45) is 1.93. The molecular formula is C16H18F3NO3. The Morgan fingerprint density at radius 3 is 2.52 bits per heavy atom. The van der Waals surface area contributed by atoms with E-state index in [9.17, 15) is 22.8 Å². The Morgan fingerprint density at radius 1 is 1.26 bits per heavy atom. The van der Waals surface area contributed by atoms with Crippen LogP contribution in [0.1, 0.15) is 43.0 Å². The molecule has 1 heterocycles. The first-order chi connectivity index (χ1) is 11.0. The molecule has 4 nitrogen and oxygen atoms in total. The monoisotopic (exact) mass is 329 g/mol. The molecule has 0 aliphatic carbocycles. The van der Waals surface area contributed by atoms with Gasteiger partial charge in [0.15, 0.2) is 23.2 Å². The normalized spacial score (nSPS) is 17.4. The summed E-state index contributed by atoms with van der Waals surface area (Å²) in [5.74, 6) is -5.09. The Kier molecular flexibility index (Phi) is 5.63. The summed E-state index contributed by atoms with van der Waals surface area (Å²) in [7, 11) is 0. The first kappa shape index (κ1) is 17.3. The minimum absolute atomic E-state index is 0.256. The fourth-order valence-electron chi connectivity index (χ4n) is 2.53. The van der Waals surface area contributed by atoms with Gasteiger partial charge >= 0.3 is 6.09 Å². The summed E-state index contributed by atoms with van der Waals surface area (Å²) in [5, 5.41) is 0. The highest BCUT2D eigenvalue weighted by Crippen LogP contribution is 2.24. The third-order valence-electron chi connectivity index (χ3n) is 3.78. The second kappa shape index (κ2) is 7.48. The number of benzene rings is 1. The smallest absolute Gasteiger partial charge is 0.410 e. The van der Waals surface area contributed by atoms with Crippen LogP contribution in [0.5, 0.6) is 0 Å². The topological polar surface area (TPSA) is 46.6 Å². The number of unbranched alkanes of at least 4 members (excludes halogenated alkanes) is 1. The molecule has 1 aliphatic heterocycles. The molecule has 1 atom stereocenters. The number of halogens is 3. The van der Waals surface area contributed by atoms with E-state index in [1.165, 1.54) is 4.90 Å². The van der Waals surface area contributed by atoms with Crippen molar-refractivity contribution >= 4 is 11.9 Å². The van der Waals surface area contributed by atoms with Gasteiger partial charge in [0.25, 0.3) is 0 Å². The zero-order valence-corrected chi connectivity index (χ0v) is 12.8. The van der Waals surface area contributed by atoms with Crippen LogP contribution in [0.25, 0.3) is 0 Å². The van der Waals surface area contributed by atoms with E-state index in [-0.39, 0.29) is 12.2 Å². The fraction of sp³-hybridized carbons (Fsp3) is 0.500. The zero-order valence-electron chi connectivity index (χ0n) is 12.8. The molecule has 0 saturated carbocycles. The molecule has 7 heteroatoms. The van der Waals surface area contributed by atoms with E-state index in [0.29, 0.717) is 37.9 Å². The molecular weight excluding hydrogens is 311 g/mol. The van der Waals surface area contributed by atoms with Crippen LogP contribution in [0, 0.1) is 17.5 Å². The number of rotatable bonds is 5. The largest absolute Gasteiger partial charge is 0.449 e. The molecule has 0 unspecified atom stereocenters. The SMILES string of the molecule is CCCCOC(=O)N1CCC[C@H]1C(=O)c1cc(F)c(F)c(F)c1. The molecule has 1 aliphatic rings. The van der Waals surface area contributed by atoms with E-state index in [1.807, 2.05) is 6.92 Å². The van der Waals surface area contributed by atoms with Gasteiger partial charge < -0.3 is 4.74 Å². The maximum Gasteiger partial charge on any atom is 0.410 e. The molecule has 0 bridgehead atoms. The standard InChI is InChI=1S/C16H18F3NO3/c1-2-3-7-23-16(22)20-6-4-5-13(20)15(21)10-8-11(17)14(19)12(18)9-10/h8-9,13H,2-7H2,1H3/t13-/m0/s1. The molecule has 126 valence electrons. The molecule has 1 aromatic carbocycles. The van der Waals surface area contributed by atoms with Crippen LogP contribution >= 0.6 is 0 Å². The quantitative estimate of drug-likeness (QED) is 0.470. The third-order valence-corrected chi connectivity index (χ3v) is 3.78. The van der Waals surface area contributed by atoms with Crippen LogP contribution in [-0.2, 0) is 4.74 Å². The lowest BCUT2D eigenvalue weighted by molar-refractivity contribution is 0.0756. The molecule has 0 radical (unpaired) electrons. The van der Waals surface area contributed by atoms with Gasteiger partial charge in [-0.15, -0.1) is 0 Å². The van der Waals surface area contributed by atoms with E-state index in [4.69, 9.17) is 4.74 Å². The summed E-state index contributed by atoms with van der Waals surface area (Å²) < 4.78 is 44.6. The van der Waals surface area contributed by atoms with Crippen molar-refractivity contribution in [3.63, 3.8) is 0 Å². The van der Waals surface area contributed by atoms with Crippen molar-refractivity contribution in [3.8, 4) is 0 Å². The summed E-state index contributed by atoms with van der Waals surface area (Å²) in [5.41, 5.74) is -0.292. The molecule has 1 amide bonds. The Bertz CT molecular complexity index is 583. The molecule has 0 aromatic heterocycles. The lowest BCUT2D eigenvalue weighted by Crippen LogP contribution is -2.41. The predicted molar refractivity (Wildman–Crippen MR) is 76.6 cm³/mol. The average molecular weight is 329 g/mol. The number of ether oxygens (including phenoxy) is 1. The van der Waals surface area contributed by atoms with E-state index >= 15 is 0 Å². The van der Waals surface area contributed by atoms with E-state index in [1.54, 1.807) is 0 Å². The van der Waals surface area contributed by atoms with Gasteiger partial charge in [-0.3, -0.25) is 9.69 Å². The summed E-state index contributed by atoms with van der Waals surface area (Å²) in [6.45, 7) is 2.55. The predicted octanol–water partition coefficient (Wildman–Crippen LogP) is 3.69. The van der Waals surface area contributed by atoms with Gasteiger partial charge in [-0.05, 0) is 31.4 Å². The van der Waals surface area contributed by atoms with Crippen LogP contribution in [0.15, 0.2) is 12.1 Å². The second-order valence-electron chi connectivity index (χ2n) is 5.44. The van der Waals surface area contributed by atoms with Crippen molar-refractivity contribution in [2.75, 3.05) is 13.2 Å². The maximum atomic E-state index is 13.3. The van der Waals surface area contributed by atoms with Gasteiger partial charge in [0.1, 0.15) is 0 Å². The maximum absolute atomic E-state index is 13.3. The lowest BCUT2D eigenvalue weighted by atomic mass is 10.0. The van der Waals surface area contributed by atoms with Gasteiger partial charge in [0.05, 0.1) is 12.6 Å².